The van der Waals surface area contributed by atoms with Crippen molar-refractivity contribution in [2.75, 3.05) is 19.6 Å². The highest BCUT2D eigenvalue weighted by atomic mass is 35.5. The molecule has 1 aliphatic rings. The Morgan fingerprint density at radius 2 is 2.21 bits per heavy atom. The molecule has 1 aromatic rings. The van der Waals surface area contributed by atoms with Gasteiger partial charge in [0.25, 0.3) is 5.91 Å². The van der Waals surface area contributed by atoms with Gasteiger partial charge in [0.2, 0.25) is 0 Å². The van der Waals surface area contributed by atoms with E-state index in [4.69, 9.17) is 16.3 Å². The van der Waals surface area contributed by atoms with Gasteiger partial charge in [0, 0.05) is 25.8 Å². The van der Waals surface area contributed by atoms with Crippen molar-refractivity contribution in [2.24, 2.45) is 5.92 Å². The lowest BCUT2D eigenvalue weighted by Gasteiger charge is -2.34. The second kappa shape index (κ2) is 7.83. The van der Waals surface area contributed by atoms with Gasteiger partial charge in [-0.1, -0.05) is 11.6 Å². The summed E-state index contributed by atoms with van der Waals surface area (Å²) in [7, 11) is 0. The molecule has 7 heteroatoms. The second-order valence-electron chi connectivity index (χ2n) is 6.99. The molecule has 0 saturated carbocycles. The molecule has 1 atom stereocenters. The van der Waals surface area contributed by atoms with Crippen LogP contribution in [0.3, 0.4) is 0 Å². The number of carbonyl (C=O) groups is 2. The maximum atomic E-state index is 12.2. The summed E-state index contributed by atoms with van der Waals surface area (Å²) in [5.74, 6) is -0.0480. The fraction of sp³-hybridized carbons (Fsp3) is 0.588. The van der Waals surface area contributed by atoms with Gasteiger partial charge in [0.15, 0.2) is 0 Å². The smallest absolute Gasteiger partial charge is 0.410 e. The normalized spacial score (nSPS) is 18.2. The summed E-state index contributed by atoms with van der Waals surface area (Å²) in [6.07, 6.45) is 3.10. The third-order valence-corrected chi connectivity index (χ3v) is 4.03. The van der Waals surface area contributed by atoms with Gasteiger partial charge in [-0.3, -0.25) is 4.79 Å². The number of carbonyl (C=O) groups excluding carboxylic acids is 2. The van der Waals surface area contributed by atoms with E-state index in [0.29, 0.717) is 25.2 Å². The van der Waals surface area contributed by atoms with Crippen LogP contribution in [0, 0.1) is 5.92 Å². The first-order valence-corrected chi connectivity index (χ1v) is 8.50. The van der Waals surface area contributed by atoms with Crippen molar-refractivity contribution in [1.29, 1.82) is 0 Å². The molecule has 132 valence electrons. The largest absolute Gasteiger partial charge is 0.444 e. The summed E-state index contributed by atoms with van der Waals surface area (Å²) in [5, 5.41) is 3.06. The third-order valence-electron chi connectivity index (χ3n) is 3.73. The zero-order valence-corrected chi connectivity index (χ0v) is 15.1. The molecule has 1 N–H and O–H groups in total. The van der Waals surface area contributed by atoms with E-state index in [9.17, 15) is 9.59 Å². The molecule has 0 aliphatic carbocycles. The van der Waals surface area contributed by atoms with E-state index < -0.39 is 5.60 Å². The topological polar surface area (TPSA) is 71.5 Å². The molecule has 0 unspecified atom stereocenters. The number of nitrogens with one attached hydrogen (secondary N) is 1. The number of hydrogen-bond acceptors (Lipinski definition) is 4. The van der Waals surface area contributed by atoms with Crippen molar-refractivity contribution in [2.45, 2.75) is 39.2 Å². The monoisotopic (exact) mass is 353 g/mol. The second-order valence-corrected chi connectivity index (χ2v) is 7.34. The van der Waals surface area contributed by atoms with E-state index in [-0.39, 0.29) is 23.1 Å². The predicted octanol–water partition coefficient (Wildman–Crippen LogP) is 3.11. The number of ether oxygens (including phenoxy) is 1. The van der Waals surface area contributed by atoms with Crippen LogP contribution in [-0.2, 0) is 4.74 Å². The SMILES string of the molecule is CC(C)(C)OC(=O)N1CCC[C@@H](CNC(=O)c2cccnc2Cl)C1. The maximum Gasteiger partial charge on any atom is 0.410 e. The Labute approximate surface area is 147 Å². The molecule has 0 spiro atoms. The number of halogens is 1. The average molecular weight is 354 g/mol. The van der Waals surface area contributed by atoms with E-state index >= 15 is 0 Å². The van der Waals surface area contributed by atoms with E-state index in [2.05, 4.69) is 10.3 Å². The van der Waals surface area contributed by atoms with Gasteiger partial charge >= 0.3 is 6.09 Å². The molecule has 2 heterocycles. The fourth-order valence-electron chi connectivity index (χ4n) is 2.61. The highest BCUT2D eigenvalue weighted by molar-refractivity contribution is 6.32. The molecule has 0 radical (unpaired) electrons. The summed E-state index contributed by atoms with van der Waals surface area (Å²) < 4.78 is 5.41. The van der Waals surface area contributed by atoms with Crippen molar-refractivity contribution < 1.29 is 14.3 Å². The molecule has 6 nitrogen and oxygen atoms in total. The maximum absolute atomic E-state index is 12.2. The summed E-state index contributed by atoms with van der Waals surface area (Å²) >= 11 is 5.93. The van der Waals surface area contributed by atoms with Gasteiger partial charge in [-0.2, -0.15) is 0 Å². The summed E-state index contributed by atoms with van der Waals surface area (Å²) in [5.41, 5.74) is -0.144. The molecular weight excluding hydrogens is 330 g/mol. The van der Waals surface area contributed by atoms with Crippen molar-refractivity contribution in [1.82, 2.24) is 15.2 Å². The zero-order valence-electron chi connectivity index (χ0n) is 14.3. The summed E-state index contributed by atoms with van der Waals surface area (Å²) in [4.78, 5) is 29.9. The molecule has 1 saturated heterocycles. The zero-order chi connectivity index (χ0) is 17.7. The average Bonchev–Trinajstić information content (AvgIpc) is 2.52. The van der Waals surface area contributed by atoms with Gasteiger partial charge in [0.1, 0.15) is 10.8 Å². The Kier molecular flexibility index (Phi) is 6.04. The molecule has 2 rings (SSSR count). The minimum absolute atomic E-state index is 0.189. The van der Waals surface area contributed by atoms with Gasteiger partial charge < -0.3 is 15.0 Å². The number of nitrogens with zero attached hydrogens (tertiary/aromatic N) is 2. The molecule has 0 bridgehead atoms. The highest BCUT2D eigenvalue weighted by Gasteiger charge is 2.27. The Hall–Kier alpha value is -1.82. The van der Waals surface area contributed by atoms with Crippen LogP contribution in [0.4, 0.5) is 4.79 Å². The van der Waals surface area contributed by atoms with Crippen molar-refractivity contribution in [3.05, 3.63) is 29.0 Å². The van der Waals surface area contributed by atoms with Gasteiger partial charge in [-0.05, 0) is 51.7 Å². The number of pyridine rings is 1. The van der Waals surface area contributed by atoms with Crippen molar-refractivity contribution >= 4 is 23.6 Å². The van der Waals surface area contributed by atoms with Crippen LogP contribution in [0.5, 0.6) is 0 Å². The lowest BCUT2D eigenvalue weighted by atomic mass is 9.98. The number of rotatable bonds is 3. The van der Waals surface area contributed by atoms with E-state index in [1.807, 2.05) is 20.8 Å². The van der Waals surface area contributed by atoms with Gasteiger partial charge in [-0.15, -0.1) is 0 Å². The minimum Gasteiger partial charge on any atom is -0.444 e. The minimum atomic E-state index is -0.505. The van der Waals surface area contributed by atoms with Crippen LogP contribution < -0.4 is 5.32 Å². The summed E-state index contributed by atoms with van der Waals surface area (Å²) in [6, 6.07) is 3.31. The molecular formula is C17H24ClN3O3. The van der Waals surface area contributed by atoms with Crippen LogP contribution in [0.1, 0.15) is 44.0 Å². The number of piperidine rings is 1. The standard InChI is InChI=1S/C17H24ClN3O3/c1-17(2,3)24-16(23)21-9-5-6-12(11-21)10-20-15(22)13-7-4-8-19-14(13)18/h4,7-8,12H,5-6,9-11H2,1-3H3,(H,20,22)/t12-/m0/s1. The van der Waals surface area contributed by atoms with Gasteiger partial charge in [-0.25, -0.2) is 9.78 Å². The van der Waals surface area contributed by atoms with Gasteiger partial charge in [0.05, 0.1) is 5.56 Å². The summed E-state index contributed by atoms with van der Waals surface area (Å²) in [6.45, 7) is 7.31. The van der Waals surface area contributed by atoms with E-state index in [1.165, 1.54) is 0 Å². The quantitative estimate of drug-likeness (QED) is 0.847. The molecule has 1 aromatic heterocycles. The Morgan fingerprint density at radius 1 is 1.46 bits per heavy atom. The van der Waals surface area contributed by atoms with Crippen LogP contribution >= 0.6 is 11.6 Å². The Balaban J connectivity index is 1.86. The van der Waals surface area contributed by atoms with Crippen molar-refractivity contribution in [3.63, 3.8) is 0 Å². The van der Waals surface area contributed by atoms with Crippen LogP contribution in [-0.4, -0.2) is 47.1 Å². The molecule has 24 heavy (non-hydrogen) atoms. The Morgan fingerprint density at radius 3 is 2.88 bits per heavy atom. The molecule has 0 aromatic carbocycles. The molecule has 2 amide bonds. The highest BCUT2D eigenvalue weighted by Crippen LogP contribution is 2.19. The number of amides is 2. The van der Waals surface area contributed by atoms with E-state index in [1.54, 1.807) is 23.2 Å². The third kappa shape index (κ3) is 5.37. The first-order valence-electron chi connectivity index (χ1n) is 8.13. The molecule has 1 fully saturated rings. The van der Waals surface area contributed by atoms with Crippen LogP contribution in [0.15, 0.2) is 18.3 Å². The lowest BCUT2D eigenvalue weighted by molar-refractivity contribution is 0.0167. The lowest BCUT2D eigenvalue weighted by Crippen LogP contribution is -2.45. The Bertz CT molecular complexity index is 601. The first kappa shape index (κ1) is 18.5. The number of hydrogen-bond donors (Lipinski definition) is 1. The first-order chi connectivity index (χ1) is 11.3. The fourth-order valence-corrected chi connectivity index (χ4v) is 2.82. The van der Waals surface area contributed by atoms with Crippen molar-refractivity contribution in [3.8, 4) is 0 Å². The number of aromatic nitrogens is 1. The molecule has 1 aliphatic heterocycles. The van der Waals surface area contributed by atoms with Crippen LogP contribution in [0.2, 0.25) is 5.15 Å². The van der Waals surface area contributed by atoms with Crippen LogP contribution in [0.25, 0.3) is 0 Å². The predicted molar refractivity (Wildman–Crippen MR) is 92.1 cm³/mol. The van der Waals surface area contributed by atoms with E-state index in [0.717, 1.165) is 12.8 Å². The number of likely N-dealkylation sites (tertiary alicyclic amines) is 1.